The van der Waals surface area contributed by atoms with Crippen molar-refractivity contribution in [3.05, 3.63) is 29.6 Å². The van der Waals surface area contributed by atoms with E-state index in [0.29, 0.717) is 0 Å². The number of carbonyl (C=O) groups is 2. The van der Waals surface area contributed by atoms with Gasteiger partial charge in [-0.2, -0.15) is 0 Å². The number of ether oxygens (including phenoxy) is 2. The lowest BCUT2D eigenvalue weighted by atomic mass is 10.1. The van der Waals surface area contributed by atoms with Crippen molar-refractivity contribution in [3.8, 4) is 5.75 Å². The first-order chi connectivity index (χ1) is 9.10. The molecule has 0 saturated heterocycles. The lowest BCUT2D eigenvalue weighted by Crippen LogP contribution is -2.33. The molecule has 0 spiro atoms. The van der Waals surface area contributed by atoms with Crippen LogP contribution in [0.4, 0.5) is 4.39 Å². The van der Waals surface area contributed by atoms with Gasteiger partial charge in [-0.25, -0.2) is 9.18 Å². The van der Waals surface area contributed by atoms with E-state index in [4.69, 9.17) is 9.47 Å². The summed E-state index contributed by atoms with van der Waals surface area (Å²) in [5.74, 6) is -1.40. The van der Waals surface area contributed by atoms with Gasteiger partial charge in [0.15, 0.2) is 11.9 Å². The SMILES string of the molecule is CC(=O)c1ccc(OC(C)C(=O)OC(C)(C)C)cc1F. The van der Waals surface area contributed by atoms with Gasteiger partial charge in [0.25, 0.3) is 0 Å². The zero-order valence-electron chi connectivity index (χ0n) is 12.3. The van der Waals surface area contributed by atoms with Crippen LogP contribution < -0.4 is 4.74 Å². The topological polar surface area (TPSA) is 52.6 Å². The standard InChI is InChI=1S/C15H19FO4/c1-9(17)12-7-6-11(8-13(12)16)19-10(2)14(18)20-15(3,4)5/h6-8,10H,1-5H3. The minimum atomic E-state index is -0.864. The second-order valence-electron chi connectivity index (χ2n) is 5.49. The molecule has 1 aromatic rings. The molecule has 0 bridgehead atoms. The molecule has 0 aromatic heterocycles. The molecule has 0 radical (unpaired) electrons. The first kappa shape index (κ1) is 16.1. The molecule has 0 N–H and O–H groups in total. The summed E-state index contributed by atoms with van der Waals surface area (Å²) in [6, 6.07) is 3.85. The maximum absolute atomic E-state index is 13.6. The Morgan fingerprint density at radius 3 is 2.30 bits per heavy atom. The van der Waals surface area contributed by atoms with Crippen molar-refractivity contribution in [2.45, 2.75) is 46.3 Å². The molecule has 0 aliphatic heterocycles. The molecule has 4 nitrogen and oxygen atoms in total. The zero-order valence-corrected chi connectivity index (χ0v) is 12.3. The summed E-state index contributed by atoms with van der Waals surface area (Å²) in [6.07, 6.45) is -0.864. The summed E-state index contributed by atoms with van der Waals surface area (Å²) in [7, 11) is 0. The van der Waals surface area contributed by atoms with Crippen LogP contribution in [0.25, 0.3) is 0 Å². The summed E-state index contributed by atoms with van der Waals surface area (Å²) in [5.41, 5.74) is -0.624. The quantitative estimate of drug-likeness (QED) is 0.629. The molecule has 20 heavy (non-hydrogen) atoms. The van der Waals surface area contributed by atoms with Gasteiger partial charge in [-0.1, -0.05) is 0 Å². The van der Waals surface area contributed by atoms with Gasteiger partial charge in [-0.3, -0.25) is 4.79 Å². The van der Waals surface area contributed by atoms with Crippen LogP contribution in [-0.4, -0.2) is 23.5 Å². The Kier molecular flexibility index (Phi) is 4.87. The van der Waals surface area contributed by atoms with Gasteiger partial charge in [0.2, 0.25) is 0 Å². The number of benzene rings is 1. The Hall–Kier alpha value is -1.91. The second-order valence-corrected chi connectivity index (χ2v) is 5.49. The lowest BCUT2D eigenvalue weighted by Gasteiger charge is -2.22. The maximum atomic E-state index is 13.6. The average molecular weight is 282 g/mol. The fourth-order valence-corrected chi connectivity index (χ4v) is 1.49. The highest BCUT2D eigenvalue weighted by molar-refractivity contribution is 5.94. The minimum absolute atomic E-state index is 0.0118. The molecular formula is C15H19FO4. The molecule has 5 heteroatoms. The number of carbonyl (C=O) groups excluding carboxylic acids is 2. The molecule has 0 saturated carbocycles. The monoisotopic (exact) mass is 282 g/mol. The number of esters is 1. The fraction of sp³-hybridized carbons (Fsp3) is 0.467. The van der Waals surface area contributed by atoms with E-state index >= 15 is 0 Å². The smallest absolute Gasteiger partial charge is 0.347 e. The molecule has 0 aliphatic rings. The Morgan fingerprint density at radius 2 is 1.85 bits per heavy atom. The first-order valence-electron chi connectivity index (χ1n) is 6.30. The highest BCUT2D eigenvalue weighted by atomic mass is 19.1. The fourth-order valence-electron chi connectivity index (χ4n) is 1.49. The van der Waals surface area contributed by atoms with Crippen molar-refractivity contribution < 1.29 is 23.5 Å². The van der Waals surface area contributed by atoms with Gasteiger partial charge >= 0.3 is 5.97 Å². The van der Waals surface area contributed by atoms with E-state index in [1.165, 1.54) is 26.0 Å². The Bertz CT molecular complexity index is 517. The molecule has 1 atom stereocenters. The summed E-state index contributed by atoms with van der Waals surface area (Å²) < 4.78 is 24.1. The van der Waals surface area contributed by atoms with E-state index in [-0.39, 0.29) is 17.1 Å². The molecule has 0 aliphatic carbocycles. The Morgan fingerprint density at radius 1 is 1.25 bits per heavy atom. The average Bonchev–Trinajstić information content (AvgIpc) is 2.26. The van der Waals surface area contributed by atoms with Crippen molar-refractivity contribution in [1.82, 2.24) is 0 Å². The van der Waals surface area contributed by atoms with Gasteiger partial charge in [-0.05, 0) is 46.8 Å². The predicted molar refractivity (Wildman–Crippen MR) is 72.3 cm³/mol. The van der Waals surface area contributed by atoms with Crippen LogP contribution in [0, 0.1) is 5.82 Å². The third kappa shape index (κ3) is 4.64. The second kappa shape index (κ2) is 6.03. The van der Waals surface area contributed by atoms with E-state index < -0.39 is 23.5 Å². The normalized spacial score (nSPS) is 12.7. The summed E-state index contributed by atoms with van der Waals surface area (Å²) in [5, 5.41) is 0. The number of halogens is 1. The number of hydrogen-bond donors (Lipinski definition) is 0. The number of Topliss-reactive ketones (excluding diaryl/α,β-unsaturated/α-hetero) is 1. The van der Waals surface area contributed by atoms with Crippen LogP contribution in [0.2, 0.25) is 0 Å². The number of hydrogen-bond acceptors (Lipinski definition) is 4. The highest BCUT2D eigenvalue weighted by Gasteiger charge is 2.23. The first-order valence-corrected chi connectivity index (χ1v) is 6.30. The van der Waals surface area contributed by atoms with E-state index in [2.05, 4.69) is 0 Å². The summed E-state index contributed by atoms with van der Waals surface area (Å²) >= 11 is 0. The number of ketones is 1. The summed E-state index contributed by atoms with van der Waals surface area (Å²) in [6.45, 7) is 8.05. The summed E-state index contributed by atoms with van der Waals surface area (Å²) in [4.78, 5) is 22.8. The van der Waals surface area contributed by atoms with Crippen LogP contribution in [0.3, 0.4) is 0 Å². The third-order valence-electron chi connectivity index (χ3n) is 2.37. The van der Waals surface area contributed by atoms with Gasteiger partial charge in [0.05, 0.1) is 5.56 Å². The van der Waals surface area contributed by atoms with Crippen molar-refractivity contribution >= 4 is 11.8 Å². The van der Waals surface area contributed by atoms with Crippen LogP contribution in [0.5, 0.6) is 5.75 Å². The van der Waals surface area contributed by atoms with E-state index in [9.17, 15) is 14.0 Å². The molecule has 1 rings (SSSR count). The Labute approximate surface area is 117 Å². The molecule has 0 heterocycles. The van der Waals surface area contributed by atoms with Gasteiger partial charge in [0, 0.05) is 6.07 Å². The van der Waals surface area contributed by atoms with Crippen LogP contribution in [0.15, 0.2) is 18.2 Å². The third-order valence-corrected chi connectivity index (χ3v) is 2.37. The van der Waals surface area contributed by atoms with Crippen molar-refractivity contribution in [2.75, 3.05) is 0 Å². The van der Waals surface area contributed by atoms with Crippen LogP contribution in [0.1, 0.15) is 45.0 Å². The maximum Gasteiger partial charge on any atom is 0.347 e. The number of rotatable bonds is 4. The lowest BCUT2D eigenvalue weighted by molar-refractivity contribution is -0.162. The van der Waals surface area contributed by atoms with Gasteiger partial charge < -0.3 is 9.47 Å². The Balaban J connectivity index is 2.76. The van der Waals surface area contributed by atoms with E-state index in [1.54, 1.807) is 20.8 Å². The van der Waals surface area contributed by atoms with E-state index in [0.717, 1.165) is 6.07 Å². The zero-order chi connectivity index (χ0) is 15.5. The van der Waals surface area contributed by atoms with Crippen molar-refractivity contribution in [1.29, 1.82) is 0 Å². The van der Waals surface area contributed by atoms with Crippen LogP contribution in [-0.2, 0) is 9.53 Å². The van der Waals surface area contributed by atoms with E-state index in [1.807, 2.05) is 0 Å². The molecule has 1 aromatic carbocycles. The molecule has 110 valence electrons. The van der Waals surface area contributed by atoms with Crippen LogP contribution >= 0.6 is 0 Å². The minimum Gasteiger partial charge on any atom is -0.479 e. The molecule has 1 unspecified atom stereocenters. The molecule has 0 fully saturated rings. The largest absolute Gasteiger partial charge is 0.479 e. The molecular weight excluding hydrogens is 263 g/mol. The van der Waals surface area contributed by atoms with Crippen molar-refractivity contribution in [3.63, 3.8) is 0 Å². The predicted octanol–water partition coefficient (Wildman–Crippen LogP) is 3.14. The molecule has 0 amide bonds. The van der Waals surface area contributed by atoms with Gasteiger partial charge in [0.1, 0.15) is 17.2 Å². The van der Waals surface area contributed by atoms with Gasteiger partial charge in [-0.15, -0.1) is 0 Å². The highest BCUT2D eigenvalue weighted by Crippen LogP contribution is 2.19. The van der Waals surface area contributed by atoms with Crippen molar-refractivity contribution in [2.24, 2.45) is 0 Å².